The molecule has 4 rings (SSSR count). The Kier molecular flexibility index (Phi) is 9.46. The largest absolute Gasteiger partial charge is 0.379 e. The number of carbonyl (C=O) groups excluding carboxylic acids is 2. The Morgan fingerprint density at radius 3 is 2.17 bits per heavy atom. The van der Waals surface area contributed by atoms with E-state index in [-0.39, 0.29) is 58.8 Å². The van der Waals surface area contributed by atoms with E-state index in [9.17, 15) is 26.4 Å². The number of hydrogen-bond acceptors (Lipinski definition) is 7. The van der Waals surface area contributed by atoms with E-state index in [2.05, 4.69) is 17.4 Å². The number of hydrazine groups is 1. The second-order valence-corrected chi connectivity index (χ2v) is 12.9. The van der Waals surface area contributed by atoms with Crippen LogP contribution in [0.5, 0.6) is 0 Å². The third kappa shape index (κ3) is 6.77. The van der Waals surface area contributed by atoms with E-state index in [4.69, 9.17) is 16.3 Å². The minimum atomic E-state index is -4.21. The Labute approximate surface area is 243 Å². The third-order valence-electron chi connectivity index (χ3n) is 6.09. The molecule has 3 aromatic rings. The average molecular weight is 619 g/mol. The van der Waals surface area contributed by atoms with Crippen LogP contribution in [0.15, 0.2) is 95.2 Å². The fourth-order valence-corrected chi connectivity index (χ4v) is 7.40. The van der Waals surface area contributed by atoms with Crippen molar-refractivity contribution in [1.29, 1.82) is 0 Å². The third-order valence-corrected chi connectivity index (χ3v) is 10.3. The minimum Gasteiger partial charge on any atom is -0.379 e. The Morgan fingerprint density at radius 1 is 0.902 bits per heavy atom. The summed E-state index contributed by atoms with van der Waals surface area (Å²) in [6.45, 7) is 4.53. The first-order valence-electron chi connectivity index (χ1n) is 12.3. The zero-order chi connectivity index (χ0) is 29.6. The van der Waals surface area contributed by atoms with Gasteiger partial charge >= 0.3 is 0 Å². The van der Waals surface area contributed by atoms with E-state index < -0.39 is 31.9 Å². The molecule has 1 aliphatic heterocycles. The van der Waals surface area contributed by atoms with Crippen LogP contribution >= 0.6 is 11.6 Å². The van der Waals surface area contributed by atoms with Crippen LogP contribution in [0, 0.1) is 0 Å². The van der Waals surface area contributed by atoms with Gasteiger partial charge in [-0.1, -0.05) is 41.9 Å². The maximum atomic E-state index is 13.5. The lowest BCUT2D eigenvalue weighted by molar-refractivity contribution is 0.0730. The number of nitrogens with one attached hydrogen (secondary N) is 2. The number of carbonyl (C=O) groups is 2. The molecule has 1 saturated heterocycles. The topological polar surface area (TPSA) is 142 Å². The van der Waals surface area contributed by atoms with E-state index in [1.807, 2.05) is 0 Å². The predicted octanol–water partition coefficient (Wildman–Crippen LogP) is 2.82. The van der Waals surface area contributed by atoms with E-state index in [1.165, 1.54) is 46.8 Å². The fraction of sp³-hybridized carbons (Fsp3) is 0.185. The molecule has 2 N–H and O–H groups in total. The van der Waals surface area contributed by atoms with Gasteiger partial charge in [-0.05, 0) is 48.5 Å². The van der Waals surface area contributed by atoms with Crippen molar-refractivity contribution in [1.82, 2.24) is 15.2 Å². The van der Waals surface area contributed by atoms with Gasteiger partial charge in [0.1, 0.15) is 4.90 Å². The van der Waals surface area contributed by atoms with Crippen LogP contribution in [0.1, 0.15) is 20.7 Å². The molecule has 0 atom stereocenters. The zero-order valence-electron chi connectivity index (χ0n) is 21.7. The number of benzene rings is 3. The first kappa shape index (κ1) is 30.2. The lowest BCUT2D eigenvalue weighted by Gasteiger charge is -2.26. The highest BCUT2D eigenvalue weighted by molar-refractivity contribution is 7.93. The highest BCUT2D eigenvalue weighted by Gasteiger charge is 2.29. The standard InChI is InChI=1S/C27H27ClN4O7S2/c1-2-13-32(22-8-4-3-5-9-22)41(37,38)25-19-21(11-12-24(25)28)27(34)30-29-26(33)20-7-6-10-23(18-20)40(35,36)31-14-16-39-17-15-31/h2-12,18-19H,1,13-17H2,(H,29,33)(H,30,34). The Hall–Kier alpha value is -3.75. The molecule has 0 aliphatic carbocycles. The maximum absolute atomic E-state index is 13.5. The van der Waals surface area contributed by atoms with Gasteiger partial charge in [0.25, 0.3) is 21.8 Å². The summed E-state index contributed by atoms with van der Waals surface area (Å²) in [5, 5.41) is -0.103. The van der Waals surface area contributed by atoms with Gasteiger partial charge < -0.3 is 4.74 Å². The van der Waals surface area contributed by atoms with Gasteiger partial charge in [-0.2, -0.15) is 4.31 Å². The monoisotopic (exact) mass is 618 g/mol. The molecule has 0 radical (unpaired) electrons. The molecule has 0 aromatic heterocycles. The Balaban J connectivity index is 1.51. The van der Waals surface area contributed by atoms with Crippen molar-refractivity contribution in [2.24, 2.45) is 0 Å². The number of ether oxygens (including phenoxy) is 1. The Morgan fingerprint density at radius 2 is 1.54 bits per heavy atom. The second-order valence-electron chi connectivity index (χ2n) is 8.76. The fourth-order valence-electron chi connectivity index (χ4n) is 4.01. The molecule has 2 amide bonds. The quantitative estimate of drug-likeness (QED) is 0.277. The lowest BCUT2D eigenvalue weighted by atomic mass is 10.2. The number of anilines is 1. The van der Waals surface area contributed by atoms with Crippen LogP contribution in [0.4, 0.5) is 5.69 Å². The maximum Gasteiger partial charge on any atom is 0.269 e. The molecule has 1 fully saturated rings. The van der Waals surface area contributed by atoms with Crippen LogP contribution in [0.25, 0.3) is 0 Å². The summed E-state index contributed by atoms with van der Waals surface area (Å²) in [7, 11) is -8.05. The van der Waals surface area contributed by atoms with E-state index in [0.29, 0.717) is 5.69 Å². The average Bonchev–Trinajstić information content (AvgIpc) is 2.99. The highest BCUT2D eigenvalue weighted by atomic mass is 35.5. The molecule has 14 heteroatoms. The number of nitrogens with zero attached hydrogens (tertiary/aromatic N) is 2. The van der Waals surface area contributed by atoms with Crippen molar-refractivity contribution >= 4 is 49.1 Å². The predicted molar refractivity (Wildman–Crippen MR) is 154 cm³/mol. The van der Waals surface area contributed by atoms with Crippen molar-refractivity contribution in [3.8, 4) is 0 Å². The summed E-state index contributed by atoms with van der Waals surface area (Å²) in [5.41, 5.74) is 4.72. The summed E-state index contributed by atoms with van der Waals surface area (Å²) in [6.07, 6.45) is 1.42. The number of amides is 2. The summed E-state index contributed by atoms with van der Waals surface area (Å²) in [6, 6.07) is 17.4. The number of halogens is 1. The molecular formula is C27H27ClN4O7S2. The number of morpholine rings is 1. The smallest absolute Gasteiger partial charge is 0.269 e. The van der Waals surface area contributed by atoms with Gasteiger partial charge in [0.15, 0.2) is 0 Å². The van der Waals surface area contributed by atoms with E-state index >= 15 is 0 Å². The molecule has 216 valence electrons. The van der Waals surface area contributed by atoms with E-state index in [0.717, 1.165) is 10.4 Å². The second kappa shape index (κ2) is 12.8. The van der Waals surface area contributed by atoms with Crippen LogP contribution in [0.3, 0.4) is 0 Å². The summed E-state index contributed by atoms with van der Waals surface area (Å²) in [4.78, 5) is 25.2. The van der Waals surface area contributed by atoms with Gasteiger partial charge in [-0.3, -0.25) is 24.7 Å². The molecule has 3 aromatic carbocycles. The molecule has 1 aliphatic rings. The number of hydrogen-bond donors (Lipinski definition) is 2. The van der Waals surface area contributed by atoms with E-state index in [1.54, 1.807) is 30.3 Å². The van der Waals surface area contributed by atoms with Gasteiger partial charge in [0, 0.05) is 24.2 Å². The van der Waals surface area contributed by atoms with Crippen molar-refractivity contribution in [3.63, 3.8) is 0 Å². The Bertz CT molecular complexity index is 1660. The number of para-hydroxylation sites is 1. The van der Waals surface area contributed by atoms with Crippen LogP contribution < -0.4 is 15.2 Å². The SMILES string of the molecule is C=CCN(c1ccccc1)S(=O)(=O)c1cc(C(=O)NNC(=O)c2cccc(S(=O)(=O)N3CCOCC3)c2)ccc1Cl. The lowest BCUT2D eigenvalue weighted by Crippen LogP contribution is -2.42. The van der Waals surface area contributed by atoms with Crippen LogP contribution in [0.2, 0.25) is 5.02 Å². The molecular weight excluding hydrogens is 592 g/mol. The van der Waals surface area contributed by atoms with Gasteiger partial charge in [-0.25, -0.2) is 16.8 Å². The normalized spacial score (nSPS) is 14.2. The molecule has 0 spiro atoms. The highest BCUT2D eigenvalue weighted by Crippen LogP contribution is 2.29. The molecule has 0 unspecified atom stereocenters. The summed E-state index contributed by atoms with van der Waals surface area (Å²) >= 11 is 6.24. The van der Waals surface area contributed by atoms with Crippen molar-refractivity contribution < 1.29 is 31.2 Å². The summed E-state index contributed by atoms with van der Waals surface area (Å²) in [5.74, 6) is -1.60. The molecule has 41 heavy (non-hydrogen) atoms. The van der Waals surface area contributed by atoms with Gasteiger partial charge in [0.2, 0.25) is 10.0 Å². The number of rotatable bonds is 9. The number of sulfonamides is 2. The van der Waals surface area contributed by atoms with Gasteiger partial charge in [0.05, 0.1) is 35.4 Å². The molecule has 11 nitrogen and oxygen atoms in total. The first-order valence-corrected chi connectivity index (χ1v) is 15.6. The van der Waals surface area contributed by atoms with Crippen molar-refractivity contribution in [2.45, 2.75) is 9.79 Å². The molecule has 0 saturated carbocycles. The zero-order valence-corrected chi connectivity index (χ0v) is 24.1. The van der Waals surface area contributed by atoms with Gasteiger partial charge in [-0.15, -0.1) is 6.58 Å². The van der Waals surface area contributed by atoms with Crippen molar-refractivity contribution in [3.05, 3.63) is 102 Å². The summed E-state index contributed by atoms with van der Waals surface area (Å²) < 4.78 is 60.5. The van der Waals surface area contributed by atoms with Crippen molar-refractivity contribution in [2.75, 3.05) is 37.2 Å². The molecule has 1 heterocycles. The minimum absolute atomic E-state index is 0.0121. The van der Waals surface area contributed by atoms with Crippen LogP contribution in [-0.2, 0) is 24.8 Å². The first-order chi connectivity index (χ1) is 19.6. The van der Waals surface area contributed by atoms with Crippen LogP contribution in [-0.4, -0.2) is 65.8 Å². The molecule has 0 bridgehead atoms.